The van der Waals surface area contributed by atoms with E-state index in [0.29, 0.717) is 24.9 Å². The van der Waals surface area contributed by atoms with Crippen LogP contribution in [0.3, 0.4) is 0 Å². The fourth-order valence-corrected chi connectivity index (χ4v) is 4.33. The topological polar surface area (TPSA) is 108 Å². The number of fused-ring (bicyclic) bond motifs is 1. The second-order valence-corrected chi connectivity index (χ2v) is 7.93. The van der Waals surface area contributed by atoms with Crippen LogP contribution < -0.4 is 16.0 Å². The smallest absolute Gasteiger partial charge is 0.308 e. The molecule has 3 aliphatic rings. The molecule has 3 atom stereocenters. The molecule has 3 N–H and O–H groups in total. The van der Waals surface area contributed by atoms with E-state index in [0.717, 1.165) is 4.90 Å². The lowest BCUT2D eigenvalue weighted by molar-refractivity contribution is -0.166. The van der Waals surface area contributed by atoms with Gasteiger partial charge < -0.3 is 10.6 Å². The van der Waals surface area contributed by atoms with Gasteiger partial charge in [0.15, 0.2) is 0 Å². The molecule has 4 amide bonds. The van der Waals surface area contributed by atoms with E-state index in [2.05, 4.69) is 16.0 Å². The van der Waals surface area contributed by atoms with E-state index >= 15 is 0 Å². The predicted molar refractivity (Wildman–Crippen MR) is 101 cm³/mol. The van der Waals surface area contributed by atoms with Crippen LogP contribution >= 0.6 is 0 Å². The lowest BCUT2D eigenvalue weighted by Gasteiger charge is -2.34. The van der Waals surface area contributed by atoms with Gasteiger partial charge in [0.2, 0.25) is 11.8 Å². The Bertz CT molecular complexity index is 949. The minimum absolute atomic E-state index is 0.0226. The van der Waals surface area contributed by atoms with E-state index in [9.17, 15) is 32.3 Å². The zero-order valence-corrected chi connectivity index (χ0v) is 16.4. The van der Waals surface area contributed by atoms with Crippen LogP contribution in [0.15, 0.2) is 18.2 Å². The normalized spacial score (nSPS) is 26.8. The lowest BCUT2D eigenvalue weighted by atomic mass is 9.97. The first-order valence-electron chi connectivity index (χ1n) is 10.0. The zero-order chi connectivity index (χ0) is 22.3. The van der Waals surface area contributed by atoms with Crippen LogP contribution in [-0.4, -0.2) is 59.4 Å². The third kappa shape index (κ3) is 4.07. The quantitative estimate of drug-likeness (QED) is 0.602. The molecule has 0 saturated carbocycles. The maximum Gasteiger partial charge on any atom is 0.405 e. The van der Waals surface area contributed by atoms with Crippen molar-refractivity contribution < 1.29 is 32.3 Å². The number of imide groups is 2. The van der Waals surface area contributed by atoms with Gasteiger partial charge in [-0.15, -0.1) is 0 Å². The highest BCUT2D eigenvalue weighted by atomic mass is 19.4. The largest absolute Gasteiger partial charge is 0.405 e. The molecule has 11 heteroatoms. The Labute approximate surface area is 175 Å². The molecule has 1 aromatic rings. The average Bonchev–Trinajstić information content (AvgIpc) is 2.96. The number of carbonyl (C=O) groups excluding carboxylic acids is 4. The summed E-state index contributed by atoms with van der Waals surface area (Å²) in [5, 5.41) is 7.53. The molecule has 2 fully saturated rings. The summed E-state index contributed by atoms with van der Waals surface area (Å²) in [4.78, 5) is 49.8. The molecule has 4 rings (SSSR count). The van der Waals surface area contributed by atoms with Gasteiger partial charge in [-0.3, -0.25) is 29.4 Å². The highest BCUT2D eigenvalue weighted by molar-refractivity contribution is 6.23. The van der Waals surface area contributed by atoms with E-state index in [1.807, 2.05) is 0 Å². The van der Waals surface area contributed by atoms with Gasteiger partial charge in [0.1, 0.15) is 12.1 Å². The number of hydrogen-bond donors (Lipinski definition) is 3. The number of benzene rings is 1. The summed E-state index contributed by atoms with van der Waals surface area (Å²) in [6.07, 6.45) is -3.32. The molecule has 0 spiro atoms. The summed E-state index contributed by atoms with van der Waals surface area (Å²) in [7, 11) is 0. The molecule has 8 nitrogen and oxygen atoms in total. The van der Waals surface area contributed by atoms with Crippen molar-refractivity contribution in [2.45, 2.75) is 56.5 Å². The van der Waals surface area contributed by atoms with Gasteiger partial charge >= 0.3 is 6.18 Å². The van der Waals surface area contributed by atoms with Crippen LogP contribution in [0.5, 0.6) is 0 Å². The van der Waals surface area contributed by atoms with Crippen molar-refractivity contribution in [2.75, 3.05) is 6.54 Å². The minimum Gasteiger partial charge on any atom is -0.308 e. The van der Waals surface area contributed by atoms with Gasteiger partial charge in [0.05, 0.1) is 11.1 Å². The number of rotatable bonds is 4. The Kier molecular flexibility index (Phi) is 5.56. The maximum atomic E-state index is 13.2. The summed E-state index contributed by atoms with van der Waals surface area (Å²) in [6.45, 7) is 0.389. The van der Waals surface area contributed by atoms with Crippen LogP contribution in [0.1, 0.15) is 52.0 Å². The fraction of sp³-hybridized carbons (Fsp3) is 0.500. The highest BCUT2D eigenvalue weighted by Crippen LogP contribution is 2.29. The first-order valence-corrected chi connectivity index (χ1v) is 10.0. The molecule has 1 aromatic carbocycles. The summed E-state index contributed by atoms with van der Waals surface area (Å²) in [5.74, 6) is -2.43. The van der Waals surface area contributed by atoms with Crippen molar-refractivity contribution in [2.24, 2.45) is 0 Å². The van der Waals surface area contributed by atoms with Crippen LogP contribution in [0, 0.1) is 0 Å². The third-order valence-corrected chi connectivity index (χ3v) is 5.88. The molecule has 0 aliphatic carbocycles. The van der Waals surface area contributed by atoms with Crippen LogP contribution in [0.2, 0.25) is 0 Å². The Morgan fingerprint density at radius 1 is 1.06 bits per heavy atom. The molecule has 0 radical (unpaired) electrons. The molecule has 3 aliphatic heterocycles. The number of carbonyl (C=O) groups is 4. The van der Waals surface area contributed by atoms with Crippen molar-refractivity contribution in [1.29, 1.82) is 0 Å². The van der Waals surface area contributed by atoms with Crippen molar-refractivity contribution in [3.8, 4) is 0 Å². The van der Waals surface area contributed by atoms with E-state index in [1.54, 1.807) is 6.07 Å². The number of piperidine rings is 2. The molecule has 31 heavy (non-hydrogen) atoms. The molecule has 0 aromatic heterocycles. The molecular formula is C20H21F3N4O4. The second kappa shape index (κ2) is 8.04. The summed E-state index contributed by atoms with van der Waals surface area (Å²) in [5.41, 5.74) is 0.783. The number of alkyl halides is 3. The third-order valence-electron chi connectivity index (χ3n) is 5.88. The van der Waals surface area contributed by atoms with Crippen molar-refractivity contribution in [1.82, 2.24) is 20.9 Å². The minimum atomic E-state index is -4.37. The summed E-state index contributed by atoms with van der Waals surface area (Å²) < 4.78 is 39.7. The Morgan fingerprint density at radius 2 is 1.81 bits per heavy atom. The van der Waals surface area contributed by atoms with E-state index in [-0.39, 0.29) is 30.5 Å². The SMILES string of the molecule is O=C1CCC(N2C(=O)c3ccc(CN[C@H]4CCCN[C@H]4C(F)(F)F)cc3C2=O)C(=O)N1. The lowest BCUT2D eigenvalue weighted by Crippen LogP contribution is -2.58. The molecule has 166 valence electrons. The Morgan fingerprint density at radius 3 is 2.52 bits per heavy atom. The van der Waals surface area contributed by atoms with Gasteiger partial charge in [0, 0.05) is 19.0 Å². The summed E-state index contributed by atoms with van der Waals surface area (Å²) in [6, 6.07) is 0.962. The highest BCUT2D eigenvalue weighted by Gasteiger charge is 2.46. The number of nitrogens with one attached hydrogen (secondary N) is 3. The van der Waals surface area contributed by atoms with Crippen LogP contribution in [0.4, 0.5) is 13.2 Å². The van der Waals surface area contributed by atoms with Crippen molar-refractivity contribution in [3.63, 3.8) is 0 Å². The zero-order valence-electron chi connectivity index (χ0n) is 16.4. The number of amides is 4. The maximum absolute atomic E-state index is 13.2. The molecular weight excluding hydrogens is 417 g/mol. The average molecular weight is 438 g/mol. The number of hydrogen-bond acceptors (Lipinski definition) is 6. The van der Waals surface area contributed by atoms with Crippen LogP contribution in [-0.2, 0) is 16.1 Å². The predicted octanol–water partition coefficient (Wildman–Crippen LogP) is 0.860. The fourth-order valence-electron chi connectivity index (χ4n) is 4.33. The van der Waals surface area contributed by atoms with E-state index in [1.165, 1.54) is 12.1 Å². The monoisotopic (exact) mass is 438 g/mol. The number of nitrogens with zero attached hydrogens (tertiary/aromatic N) is 1. The van der Waals surface area contributed by atoms with Gasteiger partial charge in [-0.2, -0.15) is 13.2 Å². The van der Waals surface area contributed by atoms with Gasteiger partial charge in [-0.25, -0.2) is 0 Å². The van der Waals surface area contributed by atoms with Gasteiger partial charge in [-0.1, -0.05) is 6.07 Å². The van der Waals surface area contributed by atoms with Crippen molar-refractivity contribution in [3.05, 3.63) is 34.9 Å². The van der Waals surface area contributed by atoms with Gasteiger partial charge in [0.25, 0.3) is 11.8 Å². The molecule has 0 bridgehead atoms. The number of halogens is 3. The molecule has 3 heterocycles. The first kappa shape index (κ1) is 21.4. The van der Waals surface area contributed by atoms with Gasteiger partial charge in [-0.05, 0) is 43.5 Å². The standard InChI is InChI=1S/C20H21F3N4O4/c21-20(22,23)16-13(2-1-7-24-16)25-9-10-3-4-11-12(8-10)19(31)27(18(11)30)14-5-6-15(28)26-17(14)29/h3-4,8,13-14,16,24-25H,1-2,5-7,9H2,(H,26,28,29)/t13-,14?,16+/m0/s1. The van der Waals surface area contributed by atoms with Crippen molar-refractivity contribution >= 4 is 23.6 Å². The molecule has 2 saturated heterocycles. The Hall–Kier alpha value is -2.79. The summed E-state index contributed by atoms with van der Waals surface area (Å²) >= 11 is 0. The Balaban J connectivity index is 1.48. The molecule has 1 unspecified atom stereocenters. The second-order valence-electron chi connectivity index (χ2n) is 7.93. The van der Waals surface area contributed by atoms with Crippen LogP contribution in [0.25, 0.3) is 0 Å². The van der Waals surface area contributed by atoms with E-state index in [4.69, 9.17) is 0 Å². The van der Waals surface area contributed by atoms with E-state index < -0.39 is 47.9 Å². The first-order chi connectivity index (χ1) is 14.7.